The van der Waals surface area contributed by atoms with Crippen LogP contribution in [-0.4, -0.2) is 6.04 Å². The molecule has 0 fully saturated rings. The zero-order valence-electron chi connectivity index (χ0n) is 6.96. The molecule has 0 radical (unpaired) electrons. The van der Waals surface area contributed by atoms with Crippen molar-refractivity contribution in [1.29, 1.82) is 0 Å². The lowest BCUT2D eigenvalue weighted by molar-refractivity contribution is 0.571. The van der Waals surface area contributed by atoms with Crippen LogP contribution in [0.15, 0.2) is 23.1 Å². The number of hydrogen-bond donors (Lipinski definition) is 2. The number of hydrogen-bond acceptors (Lipinski definition) is 2. The molecule has 2 heteroatoms. The zero-order chi connectivity index (χ0) is 8.55. The van der Waals surface area contributed by atoms with Gasteiger partial charge in [-0.2, -0.15) is 0 Å². The topological polar surface area (TPSA) is 26.0 Å². The molecule has 12 heavy (non-hydrogen) atoms. The van der Waals surface area contributed by atoms with Crippen LogP contribution in [0, 0.1) is 0 Å². The third-order valence-corrected chi connectivity index (χ3v) is 2.91. The van der Waals surface area contributed by atoms with Gasteiger partial charge in [-0.15, -0.1) is 12.6 Å². The van der Waals surface area contributed by atoms with Gasteiger partial charge in [0.15, 0.2) is 0 Å². The molecule has 0 amide bonds. The van der Waals surface area contributed by atoms with Crippen LogP contribution in [0.3, 0.4) is 0 Å². The van der Waals surface area contributed by atoms with Gasteiger partial charge < -0.3 is 5.73 Å². The minimum absolute atomic E-state index is 0.354. The van der Waals surface area contributed by atoms with Gasteiger partial charge in [-0.05, 0) is 36.5 Å². The highest BCUT2D eigenvalue weighted by Crippen LogP contribution is 2.25. The lowest BCUT2D eigenvalue weighted by atomic mass is 9.89. The maximum Gasteiger partial charge on any atom is 0.00826 e. The monoisotopic (exact) mass is 179 g/mol. The van der Waals surface area contributed by atoms with Crippen molar-refractivity contribution in [3.05, 3.63) is 29.3 Å². The Morgan fingerprint density at radius 3 is 3.08 bits per heavy atom. The zero-order valence-corrected chi connectivity index (χ0v) is 7.85. The van der Waals surface area contributed by atoms with Crippen LogP contribution in [0.2, 0.25) is 0 Å². The second-order valence-electron chi connectivity index (χ2n) is 3.42. The Morgan fingerprint density at radius 1 is 1.42 bits per heavy atom. The molecule has 1 aliphatic rings. The summed E-state index contributed by atoms with van der Waals surface area (Å²) in [5, 5.41) is 0. The van der Waals surface area contributed by atoms with E-state index in [1.807, 2.05) is 0 Å². The molecule has 1 atom stereocenters. The lowest BCUT2D eigenvalue weighted by Gasteiger charge is -2.22. The van der Waals surface area contributed by atoms with Gasteiger partial charge in [0.05, 0.1) is 0 Å². The number of fused-ring (bicyclic) bond motifs is 1. The first-order valence-corrected chi connectivity index (χ1v) is 4.77. The number of thiol groups is 1. The molecule has 1 unspecified atom stereocenters. The minimum atomic E-state index is 0.354. The molecule has 0 heterocycles. The van der Waals surface area contributed by atoms with E-state index in [9.17, 15) is 0 Å². The highest BCUT2D eigenvalue weighted by Gasteiger charge is 2.16. The molecule has 0 aliphatic heterocycles. The molecule has 1 aromatic rings. The van der Waals surface area contributed by atoms with E-state index < -0.39 is 0 Å². The van der Waals surface area contributed by atoms with E-state index in [0.717, 1.165) is 24.2 Å². The molecule has 2 N–H and O–H groups in total. The highest BCUT2D eigenvalue weighted by molar-refractivity contribution is 7.80. The lowest BCUT2D eigenvalue weighted by Crippen LogP contribution is -2.27. The summed E-state index contributed by atoms with van der Waals surface area (Å²) >= 11 is 4.42. The van der Waals surface area contributed by atoms with E-state index in [1.54, 1.807) is 0 Å². The average Bonchev–Trinajstić information content (AvgIpc) is 2.04. The van der Waals surface area contributed by atoms with Gasteiger partial charge >= 0.3 is 0 Å². The van der Waals surface area contributed by atoms with Crippen molar-refractivity contribution in [1.82, 2.24) is 0 Å². The largest absolute Gasteiger partial charge is 0.327 e. The van der Waals surface area contributed by atoms with Crippen molar-refractivity contribution in [2.24, 2.45) is 5.73 Å². The SMILES string of the molecule is NC1CCc2c(S)cccc2C1. The van der Waals surface area contributed by atoms with Crippen molar-refractivity contribution >= 4 is 12.6 Å². The summed E-state index contributed by atoms with van der Waals surface area (Å²) in [6.07, 6.45) is 3.21. The average molecular weight is 179 g/mol. The van der Waals surface area contributed by atoms with Crippen LogP contribution in [-0.2, 0) is 12.8 Å². The molecule has 0 spiro atoms. The standard InChI is InChI=1S/C10H13NS/c11-8-4-5-9-7(6-8)2-1-3-10(9)12/h1-3,8,12H,4-6,11H2. The van der Waals surface area contributed by atoms with Crippen LogP contribution < -0.4 is 5.73 Å². The Hall–Kier alpha value is -0.470. The Balaban J connectivity index is 2.42. The molecule has 0 saturated heterocycles. The Kier molecular flexibility index (Phi) is 2.11. The third kappa shape index (κ3) is 1.37. The van der Waals surface area contributed by atoms with Gasteiger partial charge in [0.2, 0.25) is 0 Å². The summed E-state index contributed by atoms with van der Waals surface area (Å²) in [7, 11) is 0. The van der Waals surface area contributed by atoms with E-state index >= 15 is 0 Å². The first kappa shape index (κ1) is 8.14. The van der Waals surface area contributed by atoms with Gasteiger partial charge in [0, 0.05) is 10.9 Å². The van der Waals surface area contributed by atoms with Crippen molar-refractivity contribution in [3.63, 3.8) is 0 Å². The molecule has 64 valence electrons. The second kappa shape index (κ2) is 3.11. The predicted molar refractivity (Wildman–Crippen MR) is 53.7 cm³/mol. The van der Waals surface area contributed by atoms with Crippen LogP contribution in [0.1, 0.15) is 17.5 Å². The molecular weight excluding hydrogens is 166 g/mol. The van der Waals surface area contributed by atoms with E-state index in [4.69, 9.17) is 5.73 Å². The van der Waals surface area contributed by atoms with Crippen LogP contribution in [0.4, 0.5) is 0 Å². The molecule has 1 aliphatic carbocycles. The molecule has 1 aromatic carbocycles. The smallest absolute Gasteiger partial charge is 0.00826 e. The van der Waals surface area contributed by atoms with E-state index in [-0.39, 0.29) is 0 Å². The van der Waals surface area contributed by atoms with E-state index in [0.29, 0.717) is 6.04 Å². The number of nitrogens with two attached hydrogens (primary N) is 1. The molecule has 2 rings (SSSR count). The molecule has 1 nitrogen and oxygen atoms in total. The fraction of sp³-hybridized carbons (Fsp3) is 0.400. The van der Waals surface area contributed by atoms with Crippen LogP contribution in [0.25, 0.3) is 0 Å². The first-order chi connectivity index (χ1) is 5.77. The highest BCUT2D eigenvalue weighted by atomic mass is 32.1. The van der Waals surface area contributed by atoms with E-state index in [2.05, 4.69) is 30.8 Å². The Labute approximate surface area is 78.4 Å². The number of rotatable bonds is 0. The maximum atomic E-state index is 5.87. The summed E-state index contributed by atoms with van der Waals surface area (Å²) in [6, 6.07) is 6.62. The number of benzene rings is 1. The summed E-state index contributed by atoms with van der Waals surface area (Å²) < 4.78 is 0. The Bertz CT molecular complexity index is 296. The fourth-order valence-electron chi connectivity index (χ4n) is 1.82. The van der Waals surface area contributed by atoms with E-state index in [1.165, 1.54) is 11.1 Å². The molecular formula is C10H13NS. The summed E-state index contributed by atoms with van der Waals surface area (Å²) in [5.74, 6) is 0. The van der Waals surface area contributed by atoms with Gasteiger partial charge in [-0.1, -0.05) is 12.1 Å². The third-order valence-electron chi connectivity index (χ3n) is 2.50. The van der Waals surface area contributed by atoms with Gasteiger partial charge in [-0.3, -0.25) is 0 Å². The summed E-state index contributed by atoms with van der Waals surface area (Å²) in [4.78, 5) is 1.12. The second-order valence-corrected chi connectivity index (χ2v) is 3.90. The fourth-order valence-corrected chi connectivity index (χ4v) is 2.16. The van der Waals surface area contributed by atoms with Gasteiger partial charge in [0.25, 0.3) is 0 Å². The van der Waals surface area contributed by atoms with Crippen molar-refractivity contribution in [3.8, 4) is 0 Å². The van der Waals surface area contributed by atoms with Crippen LogP contribution in [0.5, 0.6) is 0 Å². The molecule has 0 bridgehead atoms. The maximum absolute atomic E-state index is 5.87. The quantitative estimate of drug-likeness (QED) is 0.583. The summed E-state index contributed by atoms with van der Waals surface area (Å²) in [5.41, 5.74) is 8.67. The first-order valence-electron chi connectivity index (χ1n) is 4.32. The predicted octanol–water partition coefficient (Wildman–Crippen LogP) is 1.79. The van der Waals surface area contributed by atoms with Crippen molar-refractivity contribution < 1.29 is 0 Å². The molecule has 0 saturated carbocycles. The van der Waals surface area contributed by atoms with Crippen molar-refractivity contribution in [2.45, 2.75) is 30.2 Å². The van der Waals surface area contributed by atoms with Gasteiger partial charge in [0.1, 0.15) is 0 Å². The minimum Gasteiger partial charge on any atom is -0.327 e. The van der Waals surface area contributed by atoms with Crippen molar-refractivity contribution in [2.75, 3.05) is 0 Å². The normalized spacial score (nSPS) is 22.0. The summed E-state index contributed by atoms with van der Waals surface area (Å²) in [6.45, 7) is 0. The molecule has 0 aromatic heterocycles. The Morgan fingerprint density at radius 2 is 2.25 bits per heavy atom. The van der Waals surface area contributed by atoms with Gasteiger partial charge in [-0.25, -0.2) is 0 Å². The van der Waals surface area contributed by atoms with Crippen LogP contribution >= 0.6 is 12.6 Å².